The van der Waals surface area contributed by atoms with Gasteiger partial charge in [0.05, 0.1) is 47.3 Å². The zero-order valence-electron chi connectivity index (χ0n) is 17.2. The Labute approximate surface area is 196 Å². The quantitative estimate of drug-likeness (QED) is 0.441. The molecule has 0 aromatic heterocycles. The van der Waals surface area contributed by atoms with Crippen LogP contribution < -0.4 is 9.04 Å². The second-order valence-corrected chi connectivity index (χ2v) is 9.74. The number of esters is 1. The van der Waals surface area contributed by atoms with Gasteiger partial charge in [0.1, 0.15) is 5.75 Å². The molecule has 0 fully saturated rings. The molecule has 4 rings (SSSR count). The number of ether oxygens (including phenoxy) is 2. The van der Waals surface area contributed by atoms with Gasteiger partial charge in [-0.25, -0.2) is 8.42 Å². The molecule has 1 aliphatic heterocycles. The van der Waals surface area contributed by atoms with E-state index >= 15 is 0 Å². The molecule has 0 radical (unpaired) electrons. The van der Waals surface area contributed by atoms with E-state index in [1.165, 1.54) is 29.6 Å². The number of para-hydroxylation sites is 1. The van der Waals surface area contributed by atoms with Gasteiger partial charge in [0, 0.05) is 11.1 Å². The molecule has 3 aromatic carbocycles. The fourth-order valence-electron chi connectivity index (χ4n) is 3.94. The van der Waals surface area contributed by atoms with Gasteiger partial charge >= 0.3 is 5.97 Å². The Hall–Kier alpha value is -2.74. The van der Waals surface area contributed by atoms with Crippen LogP contribution in [0.5, 0.6) is 5.75 Å². The summed E-state index contributed by atoms with van der Waals surface area (Å²) in [5, 5.41) is 0.357. The van der Waals surface area contributed by atoms with Crippen LogP contribution in [0.25, 0.3) is 11.1 Å². The van der Waals surface area contributed by atoms with Crippen LogP contribution in [0.3, 0.4) is 0 Å². The minimum absolute atomic E-state index is 0.0390. The zero-order valence-corrected chi connectivity index (χ0v) is 19.5. The van der Waals surface area contributed by atoms with Gasteiger partial charge in [-0.1, -0.05) is 53.5 Å². The first-order chi connectivity index (χ1) is 15.3. The van der Waals surface area contributed by atoms with Crippen molar-refractivity contribution in [3.05, 3.63) is 76.3 Å². The lowest BCUT2D eigenvalue weighted by Gasteiger charge is -2.39. The Bertz CT molecular complexity index is 1310. The molecule has 0 saturated carbocycles. The third-order valence-corrected chi connectivity index (χ3v) is 7.92. The number of benzene rings is 3. The normalized spacial score (nSPS) is 15.0. The van der Waals surface area contributed by atoms with Gasteiger partial charge in [-0.05, 0) is 35.9 Å². The smallest absolute Gasteiger partial charge is 0.307 e. The van der Waals surface area contributed by atoms with Gasteiger partial charge in [0.15, 0.2) is 0 Å². The van der Waals surface area contributed by atoms with Crippen LogP contribution in [-0.2, 0) is 19.6 Å². The number of hydrogen-bond donors (Lipinski definition) is 0. The Morgan fingerprint density at radius 3 is 2.44 bits per heavy atom. The summed E-state index contributed by atoms with van der Waals surface area (Å²) in [6.07, 6.45) is -0.189. The molecule has 0 saturated heterocycles. The minimum atomic E-state index is -4.14. The number of carbonyl (C=O) groups is 1. The Morgan fingerprint density at radius 2 is 1.75 bits per heavy atom. The van der Waals surface area contributed by atoms with E-state index in [0.29, 0.717) is 22.6 Å². The zero-order chi connectivity index (χ0) is 23.0. The number of sulfonamides is 1. The molecule has 1 unspecified atom stereocenters. The van der Waals surface area contributed by atoms with Crippen molar-refractivity contribution in [3.63, 3.8) is 0 Å². The highest BCUT2D eigenvalue weighted by atomic mass is 35.5. The predicted octanol–water partition coefficient (Wildman–Crippen LogP) is 5.48. The van der Waals surface area contributed by atoms with E-state index in [0.717, 1.165) is 5.56 Å². The second kappa shape index (κ2) is 8.65. The third kappa shape index (κ3) is 3.70. The van der Waals surface area contributed by atoms with Crippen molar-refractivity contribution in [2.24, 2.45) is 0 Å². The predicted molar refractivity (Wildman–Crippen MR) is 124 cm³/mol. The highest BCUT2D eigenvalue weighted by Gasteiger charge is 2.41. The molecule has 3 aromatic rings. The number of anilines is 1. The van der Waals surface area contributed by atoms with Crippen LogP contribution in [0.15, 0.2) is 65.6 Å². The monoisotopic (exact) mass is 491 g/mol. The van der Waals surface area contributed by atoms with Crippen molar-refractivity contribution >= 4 is 44.9 Å². The third-order valence-electron chi connectivity index (χ3n) is 5.37. The summed E-state index contributed by atoms with van der Waals surface area (Å²) in [6.45, 7) is 0. The topological polar surface area (TPSA) is 72.9 Å². The highest BCUT2D eigenvalue weighted by molar-refractivity contribution is 7.92. The Morgan fingerprint density at radius 1 is 1.00 bits per heavy atom. The summed E-state index contributed by atoms with van der Waals surface area (Å²) in [5.41, 5.74) is 2.46. The van der Waals surface area contributed by atoms with E-state index in [1.807, 2.05) is 12.1 Å². The lowest BCUT2D eigenvalue weighted by Crippen LogP contribution is -2.39. The van der Waals surface area contributed by atoms with Gasteiger partial charge in [-0.15, -0.1) is 0 Å². The average Bonchev–Trinajstić information content (AvgIpc) is 2.80. The maximum Gasteiger partial charge on any atom is 0.307 e. The number of fused-ring (bicyclic) bond motifs is 3. The Kier molecular flexibility index (Phi) is 6.07. The molecule has 0 spiro atoms. The molecule has 0 N–H and O–H groups in total. The molecule has 6 nitrogen and oxygen atoms in total. The number of rotatable bonds is 5. The van der Waals surface area contributed by atoms with Crippen molar-refractivity contribution < 1.29 is 22.7 Å². The standard InChI is InChI=1S/C23H19Cl2NO5S/c1-30-21-9-5-7-16-20(13-22(27)31-2)26(19-8-4-3-6-15(19)23(16)21)32(28,29)14-10-11-17(24)18(25)12-14/h3-12,20H,13H2,1-2H3. The number of nitrogens with zero attached hydrogens (tertiary/aromatic N) is 1. The van der Waals surface area contributed by atoms with Crippen molar-refractivity contribution in [1.29, 1.82) is 0 Å². The summed E-state index contributed by atoms with van der Waals surface area (Å²) >= 11 is 12.1. The summed E-state index contributed by atoms with van der Waals surface area (Å²) in [6, 6.07) is 15.7. The molecule has 1 aliphatic rings. The van der Waals surface area contributed by atoms with Gasteiger partial charge in [0.2, 0.25) is 0 Å². The van der Waals surface area contributed by atoms with Crippen LogP contribution >= 0.6 is 23.2 Å². The van der Waals surface area contributed by atoms with Crippen molar-refractivity contribution in [2.75, 3.05) is 18.5 Å². The molecule has 32 heavy (non-hydrogen) atoms. The van der Waals surface area contributed by atoms with Crippen LogP contribution in [-0.4, -0.2) is 28.6 Å². The first-order valence-electron chi connectivity index (χ1n) is 9.62. The fourth-order valence-corrected chi connectivity index (χ4v) is 5.98. The van der Waals surface area contributed by atoms with Crippen molar-refractivity contribution in [3.8, 4) is 16.9 Å². The molecular formula is C23H19Cl2NO5S. The molecule has 1 atom stereocenters. The Balaban J connectivity index is 2.01. The molecule has 0 bridgehead atoms. The van der Waals surface area contributed by atoms with Crippen LogP contribution in [0.1, 0.15) is 18.0 Å². The molecular weight excluding hydrogens is 473 g/mol. The van der Waals surface area contributed by atoms with Gasteiger partial charge < -0.3 is 9.47 Å². The molecule has 0 aliphatic carbocycles. The number of carbonyl (C=O) groups excluding carboxylic acids is 1. The van der Waals surface area contributed by atoms with E-state index in [-0.39, 0.29) is 21.4 Å². The first-order valence-corrected chi connectivity index (χ1v) is 11.8. The van der Waals surface area contributed by atoms with Crippen molar-refractivity contribution in [2.45, 2.75) is 17.4 Å². The largest absolute Gasteiger partial charge is 0.496 e. The first kappa shape index (κ1) is 22.5. The summed E-state index contributed by atoms with van der Waals surface area (Å²) in [4.78, 5) is 12.3. The van der Waals surface area contributed by atoms with Crippen LogP contribution in [0.2, 0.25) is 10.0 Å². The number of halogens is 2. The van der Waals surface area contributed by atoms with Gasteiger partial charge in [-0.2, -0.15) is 0 Å². The van der Waals surface area contributed by atoms with Gasteiger partial charge in [0.25, 0.3) is 10.0 Å². The summed E-state index contributed by atoms with van der Waals surface area (Å²) in [7, 11) is -1.32. The fraction of sp³-hybridized carbons (Fsp3) is 0.174. The van der Waals surface area contributed by atoms with Gasteiger partial charge in [-0.3, -0.25) is 9.10 Å². The maximum absolute atomic E-state index is 13.9. The molecule has 166 valence electrons. The molecule has 1 heterocycles. The second-order valence-electron chi connectivity index (χ2n) is 7.11. The minimum Gasteiger partial charge on any atom is -0.496 e. The van der Waals surface area contributed by atoms with E-state index < -0.39 is 22.0 Å². The van der Waals surface area contributed by atoms with Crippen molar-refractivity contribution in [1.82, 2.24) is 0 Å². The van der Waals surface area contributed by atoms with E-state index in [9.17, 15) is 13.2 Å². The SMILES string of the molecule is COC(=O)CC1c2cccc(OC)c2-c2ccccc2N1S(=O)(=O)c1ccc(Cl)c(Cl)c1. The van der Waals surface area contributed by atoms with Crippen LogP contribution in [0.4, 0.5) is 5.69 Å². The summed E-state index contributed by atoms with van der Waals surface area (Å²) < 4.78 is 39.5. The van der Waals surface area contributed by atoms with E-state index in [2.05, 4.69) is 0 Å². The average molecular weight is 492 g/mol. The number of hydrogen-bond acceptors (Lipinski definition) is 5. The lowest BCUT2D eigenvalue weighted by molar-refractivity contribution is -0.141. The molecule has 9 heteroatoms. The highest BCUT2D eigenvalue weighted by Crippen LogP contribution is 2.51. The molecule has 0 amide bonds. The summed E-state index contributed by atoms with van der Waals surface area (Å²) in [5.74, 6) is 0.0360. The lowest BCUT2D eigenvalue weighted by atomic mass is 9.87. The maximum atomic E-state index is 13.9. The van der Waals surface area contributed by atoms with E-state index in [4.69, 9.17) is 32.7 Å². The van der Waals surface area contributed by atoms with E-state index in [1.54, 1.807) is 37.4 Å². The van der Waals surface area contributed by atoms with Crippen LogP contribution in [0, 0.1) is 0 Å². The number of methoxy groups -OCH3 is 2.